The maximum atomic E-state index is 6.83. The fraction of sp³-hybridized carbons (Fsp3) is 0.379. The van der Waals surface area contributed by atoms with Crippen LogP contribution in [0.1, 0.15) is 63.9 Å². The van der Waals surface area contributed by atoms with Crippen molar-refractivity contribution in [3.63, 3.8) is 0 Å². The van der Waals surface area contributed by atoms with Crippen LogP contribution in [0, 0.1) is 11.8 Å². The average molecular weight is 417 g/mol. The minimum absolute atomic E-state index is 0.627. The summed E-state index contributed by atoms with van der Waals surface area (Å²) in [4.78, 5) is 0. The van der Waals surface area contributed by atoms with E-state index in [1.165, 1.54) is 60.8 Å². The van der Waals surface area contributed by atoms with Crippen LogP contribution in [0.5, 0.6) is 0 Å². The smallest absolute Gasteiger partial charge is 0.0487 e. The van der Waals surface area contributed by atoms with E-state index in [4.69, 9.17) is 11.6 Å². The van der Waals surface area contributed by atoms with Crippen LogP contribution in [-0.2, 0) is 0 Å². The van der Waals surface area contributed by atoms with Gasteiger partial charge in [-0.05, 0) is 58.9 Å². The molecular formula is C29H33Cl. The molecule has 1 fully saturated rings. The molecule has 0 spiro atoms. The van der Waals surface area contributed by atoms with Crippen molar-refractivity contribution < 1.29 is 0 Å². The molecule has 3 aromatic rings. The van der Waals surface area contributed by atoms with E-state index in [1.807, 2.05) is 0 Å². The lowest BCUT2D eigenvalue weighted by molar-refractivity contribution is 0.191. The standard InChI is InChI=1S/C29H33Cl/c1-3-21-10-8-9-13-27(21)26(4-2)25-18-19-28(29(30)20-25)24-16-14-23(15-17-24)22-11-6-5-7-12-22/h5-7,11-12,14-21,26-27H,3-4,8-10,13H2,1-2H3. The third-order valence-electron chi connectivity index (χ3n) is 7.17. The lowest BCUT2D eigenvalue weighted by Crippen LogP contribution is -2.25. The monoisotopic (exact) mass is 416 g/mol. The summed E-state index contributed by atoms with van der Waals surface area (Å²) in [7, 11) is 0. The van der Waals surface area contributed by atoms with E-state index in [1.54, 1.807) is 0 Å². The molecule has 0 N–H and O–H groups in total. The van der Waals surface area contributed by atoms with Crippen molar-refractivity contribution in [2.75, 3.05) is 0 Å². The summed E-state index contributed by atoms with van der Waals surface area (Å²) in [5, 5.41) is 0.877. The molecule has 1 heteroatoms. The van der Waals surface area contributed by atoms with Gasteiger partial charge in [-0.15, -0.1) is 0 Å². The van der Waals surface area contributed by atoms with Gasteiger partial charge in [-0.1, -0.05) is 118 Å². The molecule has 3 atom stereocenters. The normalized spacial score (nSPS) is 20.1. The van der Waals surface area contributed by atoms with E-state index in [-0.39, 0.29) is 0 Å². The van der Waals surface area contributed by atoms with Crippen LogP contribution >= 0.6 is 11.6 Å². The number of benzene rings is 3. The molecule has 30 heavy (non-hydrogen) atoms. The molecule has 1 aliphatic carbocycles. The molecule has 0 saturated heterocycles. The van der Waals surface area contributed by atoms with Crippen LogP contribution in [0.15, 0.2) is 72.8 Å². The molecule has 1 saturated carbocycles. The summed E-state index contributed by atoms with van der Waals surface area (Å²) in [5.74, 6) is 2.30. The molecule has 0 bridgehead atoms. The zero-order valence-electron chi connectivity index (χ0n) is 18.3. The second-order valence-corrected chi connectivity index (χ2v) is 9.22. The summed E-state index contributed by atoms with van der Waals surface area (Å²) >= 11 is 6.83. The average Bonchev–Trinajstić information content (AvgIpc) is 2.81. The number of hydrogen-bond acceptors (Lipinski definition) is 0. The molecule has 156 valence electrons. The topological polar surface area (TPSA) is 0 Å². The first kappa shape index (κ1) is 21.2. The first-order valence-electron chi connectivity index (χ1n) is 11.7. The van der Waals surface area contributed by atoms with Gasteiger partial charge in [-0.2, -0.15) is 0 Å². The van der Waals surface area contributed by atoms with Gasteiger partial charge in [-0.25, -0.2) is 0 Å². The van der Waals surface area contributed by atoms with E-state index in [9.17, 15) is 0 Å². The van der Waals surface area contributed by atoms with Gasteiger partial charge in [-0.3, -0.25) is 0 Å². The van der Waals surface area contributed by atoms with Crippen molar-refractivity contribution in [1.82, 2.24) is 0 Å². The van der Waals surface area contributed by atoms with Gasteiger partial charge >= 0.3 is 0 Å². The van der Waals surface area contributed by atoms with Gasteiger partial charge < -0.3 is 0 Å². The Morgan fingerprint density at radius 1 is 0.800 bits per heavy atom. The summed E-state index contributed by atoms with van der Waals surface area (Å²) < 4.78 is 0. The molecule has 0 nitrogen and oxygen atoms in total. The van der Waals surface area contributed by atoms with E-state index < -0.39 is 0 Å². The largest absolute Gasteiger partial charge is 0.0837 e. The lowest BCUT2D eigenvalue weighted by atomic mass is 9.68. The Kier molecular flexibility index (Phi) is 6.95. The van der Waals surface area contributed by atoms with Crippen molar-refractivity contribution in [2.45, 2.75) is 58.3 Å². The van der Waals surface area contributed by atoms with Crippen LogP contribution < -0.4 is 0 Å². The highest BCUT2D eigenvalue weighted by molar-refractivity contribution is 6.33. The minimum atomic E-state index is 0.627. The molecule has 0 radical (unpaired) electrons. The van der Waals surface area contributed by atoms with E-state index in [2.05, 4.69) is 86.6 Å². The highest BCUT2D eigenvalue weighted by Gasteiger charge is 2.30. The molecule has 3 aromatic carbocycles. The third-order valence-corrected chi connectivity index (χ3v) is 7.49. The van der Waals surface area contributed by atoms with Crippen molar-refractivity contribution in [2.24, 2.45) is 11.8 Å². The van der Waals surface area contributed by atoms with Gasteiger partial charge in [0.15, 0.2) is 0 Å². The number of halogens is 1. The SMILES string of the molecule is CCC1CCCCC1C(CC)c1ccc(-c2ccc(-c3ccccc3)cc2)c(Cl)c1. The highest BCUT2D eigenvalue weighted by atomic mass is 35.5. The Hall–Kier alpha value is -2.05. The highest BCUT2D eigenvalue weighted by Crippen LogP contribution is 2.44. The number of hydrogen-bond donors (Lipinski definition) is 0. The van der Waals surface area contributed by atoms with Gasteiger partial charge in [0.25, 0.3) is 0 Å². The molecule has 3 unspecified atom stereocenters. The van der Waals surface area contributed by atoms with Crippen molar-refractivity contribution in [1.29, 1.82) is 0 Å². The molecular weight excluding hydrogens is 384 g/mol. The second kappa shape index (κ2) is 9.84. The predicted molar refractivity (Wildman–Crippen MR) is 131 cm³/mol. The molecule has 4 rings (SSSR count). The Balaban J connectivity index is 1.58. The molecule has 0 aliphatic heterocycles. The maximum absolute atomic E-state index is 6.83. The summed E-state index contributed by atoms with van der Waals surface area (Å²) in [6, 6.07) is 26.1. The third kappa shape index (κ3) is 4.49. The first-order valence-corrected chi connectivity index (χ1v) is 12.0. The fourth-order valence-electron chi connectivity index (χ4n) is 5.53. The lowest BCUT2D eigenvalue weighted by Gasteiger charge is -2.37. The second-order valence-electron chi connectivity index (χ2n) is 8.81. The summed E-state index contributed by atoms with van der Waals surface area (Å²) in [5.41, 5.74) is 6.22. The van der Waals surface area contributed by atoms with Crippen molar-refractivity contribution >= 4 is 11.6 Å². The predicted octanol–water partition coefficient (Wildman–Crippen LogP) is 9.38. The van der Waals surface area contributed by atoms with E-state index in [0.29, 0.717) is 5.92 Å². The first-order chi connectivity index (χ1) is 14.7. The summed E-state index contributed by atoms with van der Waals surface area (Å²) in [6.45, 7) is 4.71. The van der Waals surface area contributed by atoms with Gasteiger partial charge in [0.2, 0.25) is 0 Å². The Bertz CT molecular complexity index is 942. The molecule has 0 amide bonds. The zero-order valence-corrected chi connectivity index (χ0v) is 19.0. The Morgan fingerprint density at radius 3 is 2.13 bits per heavy atom. The quantitative estimate of drug-likeness (QED) is 0.375. The van der Waals surface area contributed by atoms with Crippen LogP contribution in [0.4, 0.5) is 0 Å². The summed E-state index contributed by atoms with van der Waals surface area (Å²) in [6.07, 6.45) is 8.07. The fourth-order valence-corrected chi connectivity index (χ4v) is 5.83. The van der Waals surface area contributed by atoms with Gasteiger partial charge in [0.05, 0.1) is 0 Å². The minimum Gasteiger partial charge on any atom is -0.0837 e. The van der Waals surface area contributed by atoms with E-state index in [0.717, 1.165) is 22.4 Å². The molecule has 0 aromatic heterocycles. The molecule has 0 heterocycles. The van der Waals surface area contributed by atoms with Gasteiger partial charge in [0.1, 0.15) is 0 Å². The Morgan fingerprint density at radius 2 is 1.47 bits per heavy atom. The maximum Gasteiger partial charge on any atom is 0.0487 e. The van der Waals surface area contributed by atoms with Crippen LogP contribution in [0.25, 0.3) is 22.3 Å². The zero-order chi connectivity index (χ0) is 20.9. The van der Waals surface area contributed by atoms with Crippen LogP contribution in [0.2, 0.25) is 5.02 Å². The van der Waals surface area contributed by atoms with E-state index >= 15 is 0 Å². The number of rotatable bonds is 6. The van der Waals surface area contributed by atoms with Crippen molar-refractivity contribution in [3.05, 3.63) is 83.4 Å². The van der Waals surface area contributed by atoms with Crippen molar-refractivity contribution in [3.8, 4) is 22.3 Å². The van der Waals surface area contributed by atoms with Crippen LogP contribution in [0.3, 0.4) is 0 Å². The molecule has 1 aliphatic rings. The van der Waals surface area contributed by atoms with Gasteiger partial charge in [0, 0.05) is 10.6 Å². The van der Waals surface area contributed by atoms with Crippen LogP contribution in [-0.4, -0.2) is 0 Å². The Labute approximate surface area is 187 Å².